The van der Waals surface area contributed by atoms with E-state index in [-0.39, 0.29) is 6.04 Å². The van der Waals surface area contributed by atoms with Crippen LogP contribution in [0.1, 0.15) is 22.0 Å². The van der Waals surface area contributed by atoms with Crippen LogP contribution in [0.2, 0.25) is 0 Å². The predicted molar refractivity (Wildman–Crippen MR) is 74.4 cm³/mol. The molecule has 0 amide bonds. The summed E-state index contributed by atoms with van der Waals surface area (Å²) in [5, 5.41) is 4.95. The van der Waals surface area contributed by atoms with Crippen LogP contribution in [0.25, 0.3) is 0 Å². The van der Waals surface area contributed by atoms with Gasteiger partial charge < -0.3 is 5.32 Å². The third kappa shape index (κ3) is 3.19. The van der Waals surface area contributed by atoms with E-state index in [2.05, 4.69) is 21.2 Å². The summed E-state index contributed by atoms with van der Waals surface area (Å²) in [6, 6.07) is 7.04. The molecule has 1 heterocycles. The summed E-state index contributed by atoms with van der Waals surface area (Å²) in [4.78, 5) is 0.960. The van der Waals surface area contributed by atoms with E-state index in [1.165, 1.54) is 23.5 Å². The van der Waals surface area contributed by atoms with Crippen molar-refractivity contribution in [1.29, 1.82) is 0 Å². The average Bonchev–Trinajstić information content (AvgIpc) is 2.76. The van der Waals surface area contributed by atoms with Crippen LogP contribution in [0.3, 0.4) is 0 Å². The highest BCUT2D eigenvalue weighted by molar-refractivity contribution is 9.10. The molecule has 102 valence electrons. The van der Waals surface area contributed by atoms with Gasteiger partial charge in [0.05, 0.1) is 11.6 Å². The maximum Gasteiger partial charge on any atom is 0.416 e. The fraction of sp³-hybridized carbons (Fsp3) is 0.231. The minimum atomic E-state index is -4.32. The Bertz CT molecular complexity index is 565. The van der Waals surface area contributed by atoms with Crippen LogP contribution in [0, 0.1) is 0 Å². The summed E-state index contributed by atoms with van der Waals surface area (Å²) in [7, 11) is 1.73. The molecule has 1 aromatic carbocycles. The fourth-order valence-corrected chi connectivity index (χ4v) is 3.59. The van der Waals surface area contributed by atoms with Gasteiger partial charge in [-0.3, -0.25) is 0 Å². The minimum Gasteiger partial charge on any atom is -0.309 e. The summed E-state index contributed by atoms with van der Waals surface area (Å²) >= 11 is 4.91. The van der Waals surface area contributed by atoms with E-state index >= 15 is 0 Å². The van der Waals surface area contributed by atoms with E-state index in [9.17, 15) is 13.2 Å². The standard InChI is InChI=1S/C13H11BrF3NS/c1-18-11(12-10(14)5-6-19-12)8-3-2-4-9(7-8)13(15,16)17/h2-7,11,18H,1H3. The zero-order valence-corrected chi connectivity index (χ0v) is 12.4. The molecule has 0 fully saturated rings. The average molecular weight is 350 g/mol. The first-order valence-electron chi connectivity index (χ1n) is 5.51. The van der Waals surface area contributed by atoms with Gasteiger partial charge >= 0.3 is 6.18 Å². The molecule has 1 N–H and O–H groups in total. The van der Waals surface area contributed by atoms with Crippen LogP contribution in [0.4, 0.5) is 13.2 Å². The van der Waals surface area contributed by atoms with Crippen LogP contribution in [-0.4, -0.2) is 7.05 Å². The number of thiophene rings is 1. The topological polar surface area (TPSA) is 12.0 Å². The molecule has 0 saturated heterocycles. The third-order valence-corrected chi connectivity index (χ3v) is 4.68. The van der Waals surface area contributed by atoms with Gasteiger partial charge in [-0.15, -0.1) is 11.3 Å². The summed E-state index contributed by atoms with van der Waals surface area (Å²) in [6.45, 7) is 0. The molecule has 19 heavy (non-hydrogen) atoms. The van der Waals surface area contributed by atoms with Gasteiger partial charge in [0.1, 0.15) is 0 Å². The quantitative estimate of drug-likeness (QED) is 0.835. The number of halogens is 4. The zero-order valence-electron chi connectivity index (χ0n) is 9.96. The van der Waals surface area contributed by atoms with Crippen molar-refractivity contribution in [2.24, 2.45) is 0 Å². The van der Waals surface area contributed by atoms with E-state index in [0.717, 1.165) is 15.4 Å². The van der Waals surface area contributed by atoms with E-state index in [1.54, 1.807) is 13.1 Å². The Morgan fingerprint density at radius 2 is 2.00 bits per heavy atom. The Labute approximate surface area is 121 Å². The number of benzene rings is 1. The lowest BCUT2D eigenvalue weighted by atomic mass is 10.0. The number of rotatable bonds is 3. The maximum atomic E-state index is 12.7. The molecule has 1 nitrogen and oxygen atoms in total. The first kappa shape index (κ1) is 14.6. The molecule has 2 rings (SSSR count). The van der Waals surface area contributed by atoms with Crippen molar-refractivity contribution in [3.05, 3.63) is 56.2 Å². The van der Waals surface area contributed by atoms with E-state index in [1.807, 2.05) is 11.4 Å². The zero-order chi connectivity index (χ0) is 14.0. The van der Waals surface area contributed by atoms with Crippen LogP contribution in [-0.2, 0) is 6.18 Å². The lowest BCUT2D eigenvalue weighted by molar-refractivity contribution is -0.137. The third-order valence-electron chi connectivity index (χ3n) is 2.74. The monoisotopic (exact) mass is 349 g/mol. The lowest BCUT2D eigenvalue weighted by Gasteiger charge is -2.17. The molecule has 6 heteroatoms. The minimum absolute atomic E-state index is 0.253. The molecular formula is C13H11BrF3NS. The van der Waals surface area contributed by atoms with E-state index in [0.29, 0.717) is 5.56 Å². The second-order valence-corrected chi connectivity index (χ2v) is 5.78. The largest absolute Gasteiger partial charge is 0.416 e. The Kier molecular flexibility index (Phi) is 4.32. The van der Waals surface area contributed by atoms with Gasteiger partial charge in [-0.2, -0.15) is 13.2 Å². The molecule has 0 spiro atoms. The molecular weight excluding hydrogens is 339 g/mol. The second kappa shape index (κ2) is 5.64. The SMILES string of the molecule is CNC(c1cccc(C(F)(F)F)c1)c1sccc1Br. The predicted octanol–water partition coefficient (Wildman–Crippen LogP) is 4.84. The van der Waals surface area contributed by atoms with Crippen molar-refractivity contribution in [2.75, 3.05) is 7.05 Å². The van der Waals surface area contributed by atoms with E-state index in [4.69, 9.17) is 0 Å². The molecule has 1 unspecified atom stereocenters. The molecule has 0 bridgehead atoms. The van der Waals surface area contributed by atoms with Gasteiger partial charge in [-0.25, -0.2) is 0 Å². The number of alkyl halides is 3. The van der Waals surface area contributed by atoms with Gasteiger partial charge in [0.2, 0.25) is 0 Å². The van der Waals surface area contributed by atoms with Crippen molar-refractivity contribution >= 4 is 27.3 Å². The number of hydrogen-bond acceptors (Lipinski definition) is 2. The molecule has 0 radical (unpaired) electrons. The highest BCUT2D eigenvalue weighted by Crippen LogP contribution is 2.35. The highest BCUT2D eigenvalue weighted by atomic mass is 79.9. The molecule has 1 aromatic heterocycles. The molecule has 0 aliphatic heterocycles. The Morgan fingerprint density at radius 1 is 1.26 bits per heavy atom. The highest BCUT2D eigenvalue weighted by Gasteiger charge is 2.31. The van der Waals surface area contributed by atoms with Crippen molar-refractivity contribution in [3.63, 3.8) is 0 Å². The second-order valence-electron chi connectivity index (χ2n) is 3.98. The smallest absolute Gasteiger partial charge is 0.309 e. The van der Waals surface area contributed by atoms with Gasteiger partial charge in [0.15, 0.2) is 0 Å². The normalized spacial score (nSPS) is 13.5. The van der Waals surface area contributed by atoms with Crippen LogP contribution in [0.5, 0.6) is 0 Å². The molecule has 2 aromatic rings. The summed E-state index contributed by atoms with van der Waals surface area (Å²) in [5.74, 6) is 0. The van der Waals surface area contributed by atoms with Gasteiger partial charge in [0.25, 0.3) is 0 Å². The van der Waals surface area contributed by atoms with Crippen molar-refractivity contribution in [1.82, 2.24) is 5.32 Å². The van der Waals surface area contributed by atoms with Crippen molar-refractivity contribution in [3.8, 4) is 0 Å². The Hall–Kier alpha value is -0.850. The van der Waals surface area contributed by atoms with Crippen LogP contribution in [0.15, 0.2) is 40.2 Å². The number of hydrogen-bond donors (Lipinski definition) is 1. The fourth-order valence-electron chi connectivity index (χ4n) is 1.86. The Morgan fingerprint density at radius 3 is 2.53 bits per heavy atom. The molecule has 1 atom stereocenters. The molecule has 0 aliphatic rings. The lowest BCUT2D eigenvalue weighted by Crippen LogP contribution is -2.17. The van der Waals surface area contributed by atoms with Crippen molar-refractivity contribution in [2.45, 2.75) is 12.2 Å². The molecule has 0 aliphatic carbocycles. The van der Waals surface area contributed by atoms with E-state index < -0.39 is 11.7 Å². The summed E-state index contributed by atoms with van der Waals surface area (Å²) < 4.78 is 39.1. The number of nitrogens with one attached hydrogen (secondary N) is 1. The van der Waals surface area contributed by atoms with Crippen LogP contribution < -0.4 is 5.32 Å². The van der Waals surface area contributed by atoms with Gasteiger partial charge in [0, 0.05) is 9.35 Å². The Balaban J connectivity index is 2.42. The van der Waals surface area contributed by atoms with Crippen molar-refractivity contribution < 1.29 is 13.2 Å². The molecule has 0 saturated carbocycles. The summed E-state index contributed by atoms with van der Waals surface area (Å²) in [5.41, 5.74) is -0.0293. The van der Waals surface area contributed by atoms with Gasteiger partial charge in [-0.1, -0.05) is 12.1 Å². The first-order valence-corrected chi connectivity index (χ1v) is 7.18. The maximum absolute atomic E-state index is 12.7. The first-order chi connectivity index (χ1) is 8.93. The summed E-state index contributed by atoms with van der Waals surface area (Å²) in [6.07, 6.45) is -4.32. The van der Waals surface area contributed by atoms with Crippen LogP contribution >= 0.6 is 27.3 Å². The van der Waals surface area contributed by atoms with Gasteiger partial charge in [-0.05, 0) is 52.1 Å².